The molecular weight excluding hydrogens is 432 g/mol. The third-order valence-corrected chi connectivity index (χ3v) is 8.00. The van der Waals surface area contributed by atoms with Gasteiger partial charge in [-0.05, 0) is 82.6 Å². The van der Waals surface area contributed by atoms with E-state index < -0.39 is 5.97 Å². The Morgan fingerprint density at radius 2 is 1.71 bits per heavy atom. The first-order chi connectivity index (χ1) is 16.6. The van der Waals surface area contributed by atoms with Crippen molar-refractivity contribution in [1.29, 1.82) is 0 Å². The van der Waals surface area contributed by atoms with Crippen molar-refractivity contribution in [3.05, 3.63) is 34.9 Å². The summed E-state index contributed by atoms with van der Waals surface area (Å²) in [6, 6.07) is 0. The first kappa shape index (κ1) is 31.7. The lowest BCUT2D eigenvalue weighted by atomic mass is 9.83. The van der Waals surface area contributed by atoms with Crippen LogP contribution in [0.2, 0.25) is 0 Å². The van der Waals surface area contributed by atoms with E-state index in [1.54, 1.807) is 0 Å². The van der Waals surface area contributed by atoms with Gasteiger partial charge in [-0.2, -0.15) is 0 Å². The van der Waals surface area contributed by atoms with E-state index in [9.17, 15) is 4.79 Å². The lowest BCUT2D eigenvalue weighted by molar-refractivity contribution is -0.141. The highest BCUT2D eigenvalue weighted by Gasteiger charge is 2.26. The van der Waals surface area contributed by atoms with E-state index in [2.05, 4.69) is 59.8 Å². The summed E-state index contributed by atoms with van der Waals surface area (Å²) in [6.07, 6.45) is 21.2. The second kappa shape index (κ2) is 18.0. The van der Waals surface area contributed by atoms with E-state index in [0.29, 0.717) is 11.8 Å². The van der Waals surface area contributed by atoms with Crippen LogP contribution in [-0.2, 0) is 9.53 Å². The van der Waals surface area contributed by atoms with Crippen LogP contribution in [-0.4, -0.2) is 23.8 Å². The van der Waals surface area contributed by atoms with Gasteiger partial charge in [-0.25, -0.2) is 0 Å². The van der Waals surface area contributed by atoms with Crippen LogP contribution in [0, 0.1) is 23.7 Å². The molecule has 0 aliphatic heterocycles. The van der Waals surface area contributed by atoms with Gasteiger partial charge in [0.15, 0.2) is 0 Å². The lowest BCUT2D eigenvalue weighted by Crippen LogP contribution is -2.28. The number of hydrogen-bond donors (Lipinski definition) is 1. The molecule has 1 rings (SSSR count). The number of unbranched alkanes of at least 4 members (excludes halogenated alkanes) is 1. The topological polar surface area (TPSA) is 46.5 Å². The van der Waals surface area contributed by atoms with E-state index >= 15 is 0 Å². The predicted octanol–water partition coefficient (Wildman–Crippen LogP) is 9.53. The molecule has 0 fully saturated rings. The molecule has 0 aromatic carbocycles. The van der Waals surface area contributed by atoms with E-state index in [-0.39, 0.29) is 12.0 Å². The molecule has 1 aliphatic rings. The Labute approximate surface area is 217 Å². The third-order valence-electron chi connectivity index (χ3n) is 8.00. The maximum absolute atomic E-state index is 10.9. The number of allylic oxidation sites excluding steroid dienone is 4. The molecule has 0 heterocycles. The normalized spacial score (nSPS) is 21.3. The molecule has 3 nitrogen and oxygen atoms in total. The number of ether oxygens (including phenoxy) is 1. The van der Waals surface area contributed by atoms with Crippen LogP contribution in [0.15, 0.2) is 34.9 Å². The van der Waals surface area contributed by atoms with Crippen molar-refractivity contribution >= 4 is 5.97 Å². The molecule has 5 atom stereocenters. The monoisotopic (exact) mass is 488 g/mol. The summed E-state index contributed by atoms with van der Waals surface area (Å²) in [6.45, 7) is 16.5. The van der Waals surface area contributed by atoms with Gasteiger partial charge in [0.05, 0.1) is 12.0 Å². The Balaban J connectivity index is 2.27. The number of carboxylic acids is 1. The lowest BCUT2D eigenvalue weighted by Gasteiger charge is -2.31. The van der Waals surface area contributed by atoms with Gasteiger partial charge in [-0.15, -0.1) is 0 Å². The van der Waals surface area contributed by atoms with E-state index in [1.165, 1.54) is 55.2 Å². The molecule has 0 amide bonds. The zero-order valence-electron chi connectivity index (χ0n) is 24.1. The molecule has 1 N–H and O–H groups in total. The van der Waals surface area contributed by atoms with Gasteiger partial charge in [0.1, 0.15) is 0 Å². The summed E-state index contributed by atoms with van der Waals surface area (Å²) >= 11 is 0. The first-order valence-electron chi connectivity index (χ1n) is 14.5. The molecule has 202 valence electrons. The van der Waals surface area contributed by atoms with Gasteiger partial charge < -0.3 is 9.84 Å². The van der Waals surface area contributed by atoms with Crippen molar-refractivity contribution in [3.63, 3.8) is 0 Å². The highest BCUT2D eigenvalue weighted by atomic mass is 16.5. The minimum absolute atomic E-state index is 0.212. The highest BCUT2D eigenvalue weighted by molar-refractivity contribution is 5.69. The number of carboxylic acid groups (broad SMARTS) is 1. The zero-order valence-corrected chi connectivity index (χ0v) is 24.1. The first-order valence-corrected chi connectivity index (χ1v) is 14.5. The highest BCUT2D eigenvalue weighted by Crippen LogP contribution is 2.32. The van der Waals surface area contributed by atoms with Crippen LogP contribution in [0.1, 0.15) is 126 Å². The number of hydrogen-bond acceptors (Lipinski definition) is 2. The fourth-order valence-electron chi connectivity index (χ4n) is 4.92. The summed E-state index contributed by atoms with van der Waals surface area (Å²) in [7, 11) is 0. The molecule has 0 bridgehead atoms. The second-order valence-electron chi connectivity index (χ2n) is 11.5. The van der Waals surface area contributed by atoms with Gasteiger partial charge in [0.2, 0.25) is 0 Å². The molecular formula is C32H56O3. The zero-order chi connectivity index (χ0) is 26.2. The van der Waals surface area contributed by atoms with Gasteiger partial charge in [0.25, 0.3) is 0 Å². The molecule has 0 spiro atoms. The van der Waals surface area contributed by atoms with Gasteiger partial charge in [-0.3, -0.25) is 4.79 Å². The van der Waals surface area contributed by atoms with E-state index in [1.807, 2.05) is 6.92 Å². The van der Waals surface area contributed by atoms with Gasteiger partial charge >= 0.3 is 5.97 Å². The summed E-state index contributed by atoms with van der Waals surface area (Å²) in [5.41, 5.74) is 4.46. The average Bonchev–Trinajstić information content (AvgIpc) is 2.81. The molecule has 35 heavy (non-hydrogen) atoms. The standard InChI is InChI=1S/C32H56O3/c1-8-9-23-35-31-29(7)27(5)20-22-30(31)21-19-26(4)16-11-15-24(2)13-10-14-25(3)17-12-18-28(6)32(33)34/h13,20,22,25-26,28-29,31H,8-12,14-19,21,23H2,1-7H3,(H,33,34)/b24-13+. The van der Waals surface area contributed by atoms with Gasteiger partial charge in [-0.1, -0.05) is 89.7 Å². The summed E-state index contributed by atoms with van der Waals surface area (Å²) in [5.74, 6) is 1.03. The van der Waals surface area contributed by atoms with Crippen LogP contribution < -0.4 is 0 Å². The van der Waals surface area contributed by atoms with Crippen LogP contribution >= 0.6 is 0 Å². The van der Waals surface area contributed by atoms with E-state index in [4.69, 9.17) is 9.84 Å². The number of aliphatic carboxylic acids is 1. The quantitative estimate of drug-likeness (QED) is 0.145. The minimum Gasteiger partial charge on any atom is -0.481 e. The van der Waals surface area contributed by atoms with Crippen molar-refractivity contribution in [1.82, 2.24) is 0 Å². The largest absolute Gasteiger partial charge is 0.481 e. The fourth-order valence-corrected chi connectivity index (χ4v) is 4.92. The Bertz CT molecular complexity index is 687. The summed E-state index contributed by atoms with van der Waals surface area (Å²) in [4.78, 5) is 10.9. The Kier molecular flexibility index (Phi) is 16.3. The van der Waals surface area contributed by atoms with Crippen LogP contribution in [0.4, 0.5) is 0 Å². The fraction of sp³-hybridized carbons (Fsp3) is 0.781. The smallest absolute Gasteiger partial charge is 0.306 e. The Hall–Kier alpha value is -1.35. The summed E-state index contributed by atoms with van der Waals surface area (Å²) in [5, 5.41) is 8.99. The average molecular weight is 489 g/mol. The Morgan fingerprint density at radius 3 is 2.40 bits per heavy atom. The maximum atomic E-state index is 10.9. The Morgan fingerprint density at radius 1 is 1.03 bits per heavy atom. The molecule has 0 aromatic rings. The van der Waals surface area contributed by atoms with Crippen molar-refractivity contribution in [3.8, 4) is 0 Å². The molecule has 0 aromatic heterocycles. The van der Waals surface area contributed by atoms with Crippen molar-refractivity contribution < 1.29 is 14.6 Å². The van der Waals surface area contributed by atoms with Crippen molar-refractivity contribution in [2.75, 3.05) is 6.61 Å². The molecule has 1 aliphatic carbocycles. The predicted molar refractivity (Wildman–Crippen MR) is 151 cm³/mol. The van der Waals surface area contributed by atoms with Gasteiger partial charge in [0, 0.05) is 12.5 Å². The van der Waals surface area contributed by atoms with Crippen LogP contribution in [0.3, 0.4) is 0 Å². The maximum Gasteiger partial charge on any atom is 0.306 e. The number of carbonyl (C=O) groups is 1. The molecule has 3 heteroatoms. The second-order valence-corrected chi connectivity index (χ2v) is 11.5. The number of rotatable bonds is 19. The molecule has 0 saturated heterocycles. The molecule has 5 unspecified atom stereocenters. The molecule has 0 radical (unpaired) electrons. The SMILES string of the molecule is CCCCOC1C(CCC(C)CCC/C(C)=C/CCC(C)CCCC(C)C(=O)O)=CC=C(C)C1C. The third kappa shape index (κ3) is 13.5. The van der Waals surface area contributed by atoms with E-state index in [0.717, 1.165) is 51.0 Å². The van der Waals surface area contributed by atoms with Crippen LogP contribution in [0.25, 0.3) is 0 Å². The van der Waals surface area contributed by atoms with Crippen molar-refractivity contribution in [2.45, 2.75) is 132 Å². The molecule has 0 saturated carbocycles. The minimum atomic E-state index is -0.668. The summed E-state index contributed by atoms with van der Waals surface area (Å²) < 4.78 is 6.32. The van der Waals surface area contributed by atoms with Crippen molar-refractivity contribution in [2.24, 2.45) is 23.7 Å². The van der Waals surface area contributed by atoms with Crippen LogP contribution in [0.5, 0.6) is 0 Å².